The van der Waals surface area contributed by atoms with E-state index < -0.39 is 5.60 Å². The molecule has 1 fully saturated rings. The number of aromatic nitrogens is 1. The fourth-order valence-corrected chi connectivity index (χ4v) is 6.03. The van der Waals surface area contributed by atoms with E-state index in [1.807, 2.05) is 37.3 Å². The van der Waals surface area contributed by atoms with Crippen molar-refractivity contribution in [3.63, 3.8) is 0 Å². The van der Waals surface area contributed by atoms with Crippen molar-refractivity contribution in [3.8, 4) is 5.88 Å². The smallest absolute Gasteiger partial charge is 0.217 e. The third kappa shape index (κ3) is 5.50. The van der Waals surface area contributed by atoms with E-state index in [0.717, 1.165) is 38.1 Å². The number of aryl methyl sites for hydroxylation is 1. The molecule has 194 valence electrons. The molecule has 37 heavy (non-hydrogen) atoms. The molecule has 7 heteroatoms. The van der Waals surface area contributed by atoms with Gasteiger partial charge in [-0.2, -0.15) is 13.5 Å². The highest BCUT2D eigenvalue weighted by Gasteiger charge is 2.44. The van der Waals surface area contributed by atoms with Crippen LogP contribution in [0.25, 0.3) is 10.9 Å². The Labute approximate surface area is 229 Å². The molecule has 2 N–H and O–H groups in total. The first-order valence-corrected chi connectivity index (χ1v) is 13.4. The van der Waals surface area contributed by atoms with Crippen molar-refractivity contribution in [1.29, 1.82) is 0 Å². The number of benzene rings is 3. The standard InChI is InChI=1S/C30H31FN2O2S.H2S/c1-19-15-22(31)9-11-24(19)27-18-30(34,13-14-32-27)28(20-7-5-4-6-8-20)25-17-21-16-23(36-3)10-12-26(21)33-29(25)35-2;/h4-12,15-17,27-28,32,34H,13-14,18H2,1-3H3;1H2. The number of methoxy groups -OCH3 is 1. The highest BCUT2D eigenvalue weighted by Crippen LogP contribution is 2.47. The molecule has 0 bridgehead atoms. The molecule has 0 saturated carbocycles. The van der Waals surface area contributed by atoms with Gasteiger partial charge in [-0.05, 0) is 85.7 Å². The van der Waals surface area contributed by atoms with Gasteiger partial charge in [-0.15, -0.1) is 11.8 Å². The number of halogens is 1. The number of hydrogen-bond donors (Lipinski definition) is 2. The Kier molecular flexibility index (Phi) is 8.49. The lowest BCUT2D eigenvalue weighted by atomic mass is 9.70. The summed E-state index contributed by atoms with van der Waals surface area (Å²) in [5, 5.41) is 17.0. The fraction of sp³-hybridized carbons (Fsp3) is 0.300. The first-order valence-electron chi connectivity index (χ1n) is 12.2. The van der Waals surface area contributed by atoms with Crippen LogP contribution in [-0.2, 0) is 0 Å². The third-order valence-electron chi connectivity index (χ3n) is 7.30. The Hall–Kier alpha value is -2.58. The second-order valence-electron chi connectivity index (χ2n) is 9.55. The van der Waals surface area contributed by atoms with Crippen molar-refractivity contribution >= 4 is 36.2 Å². The van der Waals surface area contributed by atoms with Crippen LogP contribution in [0.1, 0.15) is 47.1 Å². The van der Waals surface area contributed by atoms with Gasteiger partial charge >= 0.3 is 0 Å². The summed E-state index contributed by atoms with van der Waals surface area (Å²) in [6, 6.07) is 23.2. The van der Waals surface area contributed by atoms with Crippen LogP contribution in [0.15, 0.2) is 77.7 Å². The van der Waals surface area contributed by atoms with Crippen molar-refractivity contribution in [2.75, 3.05) is 19.9 Å². The molecule has 0 amide bonds. The summed E-state index contributed by atoms with van der Waals surface area (Å²) in [6.07, 6.45) is 3.10. The minimum Gasteiger partial charge on any atom is -0.481 e. The first kappa shape index (κ1) is 27.5. The lowest BCUT2D eigenvalue weighted by molar-refractivity contribution is -0.0197. The number of rotatable bonds is 6. The molecule has 5 rings (SSSR count). The molecule has 0 radical (unpaired) electrons. The van der Waals surface area contributed by atoms with E-state index >= 15 is 0 Å². The topological polar surface area (TPSA) is 54.4 Å². The molecule has 1 aliphatic heterocycles. The van der Waals surface area contributed by atoms with E-state index in [-0.39, 0.29) is 31.3 Å². The van der Waals surface area contributed by atoms with Crippen LogP contribution in [0.5, 0.6) is 5.88 Å². The summed E-state index contributed by atoms with van der Waals surface area (Å²) < 4.78 is 19.6. The van der Waals surface area contributed by atoms with Crippen LogP contribution >= 0.6 is 25.3 Å². The van der Waals surface area contributed by atoms with Gasteiger partial charge in [-0.25, -0.2) is 9.37 Å². The Bertz CT molecular complexity index is 1390. The molecule has 0 aliphatic carbocycles. The minimum absolute atomic E-state index is 0. The summed E-state index contributed by atoms with van der Waals surface area (Å²) in [4.78, 5) is 6.00. The second kappa shape index (κ2) is 11.4. The normalized spacial score (nSPS) is 20.3. The number of ether oxygens (including phenoxy) is 1. The Morgan fingerprint density at radius 3 is 2.59 bits per heavy atom. The summed E-state index contributed by atoms with van der Waals surface area (Å²) >= 11 is 1.69. The lowest BCUT2D eigenvalue weighted by Gasteiger charge is -2.44. The van der Waals surface area contributed by atoms with E-state index in [0.29, 0.717) is 25.3 Å². The minimum atomic E-state index is -1.07. The van der Waals surface area contributed by atoms with Gasteiger partial charge in [0, 0.05) is 27.8 Å². The Morgan fingerprint density at radius 1 is 1.11 bits per heavy atom. The SMILES string of the molecule is COc1nc2ccc(SC)cc2cc1C(c1ccccc1)C1(O)CCNC(c2ccc(F)cc2C)C1.S. The van der Waals surface area contributed by atoms with Crippen LogP contribution in [0, 0.1) is 12.7 Å². The number of nitrogens with zero attached hydrogens (tertiary/aromatic N) is 1. The zero-order chi connectivity index (χ0) is 25.3. The molecule has 1 aliphatic rings. The quantitative estimate of drug-likeness (QED) is 0.275. The molecule has 1 aromatic heterocycles. The van der Waals surface area contributed by atoms with Gasteiger partial charge in [0.05, 0.1) is 18.2 Å². The third-order valence-corrected chi connectivity index (χ3v) is 8.03. The molecule has 3 unspecified atom stereocenters. The van der Waals surface area contributed by atoms with E-state index in [2.05, 4.69) is 41.9 Å². The average Bonchev–Trinajstić information content (AvgIpc) is 2.88. The van der Waals surface area contributed by atoms with Crippen molar-refractivity contribution in [2.24, 2.45) is 0 Å². The van der Waals surface area contributed by atoms with Gasteiger partial charge in [0.1, 0.15) is 5.82 Å². The summed E-state index contributed by atoms with van der Waals surface area (Å²) in [7, 11) is 1.63. The predicted molar refractivity (Wildman–Crippen MR) is 155 cm³/mol. The van der Waals surface area contributed by atoms with E-state index in [1.54, 1.807) is 24.9 Å². The molecule has 1 saturated heterocycles. The van der Waals surface area contributed by atoms with Crippen LogP contribution in [0.3, 0.4) is 0 Å². The van der Waals surface area contributed by atoms with Gasteiger partial charge < -0.3 is 15.2 Å². The number of aliphatic hydroxyl groups is 1. The number of hydrogen-bond acceptors (Lipinski definition) is 5. The average molecular weight is 537 g/mol. The zero-order valence-electron chi connectivity index (χ0n) is 21.3. The molecule has 0 spiro atoms. The van der Waals surface area contributed by atoms with Gasteiger partial charge in [0.25, 0.3) is 0 Å². The second-order valence-corrected chi connectivity index (χ2v) is 10.4. The van der Waals surface area contributed by atoms with Crippen molar-refractivity contribution in [3.05, 3.63) is 101 Å². The molecule has 3 aromatic carbocycles. The monoisotopic (exact) mass is 536 g/mol. The van der Waals surface area contributed by atoms with Crippen molar-refractivity contribution in [2.45, 2.75) is 42.2 Å². The van der Waals surface area contributed by atoms with Crippen LogP contribution in [-0.4, -0.2) is 35.6 Å². The van der Waals surface area contributed by atoms with Crippen molar-refractivity contribution < 1.29 is 14.2 Å². The van der Waals surface area contributed by atoms with Gasteiger partial charge in [-0.1, -0.05) is 36.4 Å². The molecular weight excluding hydrogens is 503 g/mol. The summed E-state index contributed by atoms with van der Waals surface area (Å²) in [6.45, 7) is 2.56. The molecular formula is C30H33FN2O2S2. The molecule has 3 atom stereocenters. The highest BCUT2D eigenvalue weighted by molar-refractivity contribution is 7.98. The van der Waals surface area contributed by atoms with E-state index in [4.69, 9.17) is 9.72 Å². The van der Waals surface area contributed by atoms with Gasteiger partial charge in [0.2, 0.25) is 5.88 Å². The maximum absolute atomic E-state index is 13.8. The molecule has 4 nitrogen and oxygen atoms in total. The maximum Gasteiger partial charge on any atom is 0.217 e. The fourth-order valence-electron chi connectivity index (χ4n) is 5.58. The van der Waals surface area contributed by atoms with Crippen LogP contribution < -0.4 is 10.1 Å². The molecule has 4 aromatic rings. The van der Waals surface area contributed by atoms with Crippen molar-refractivity contribution in [1.82, 2.24) is 10.3 Å². The largest absolute Gasteiger partial charge is 0.481 e. The highest BCUT2D eigenvalue weighted by atomic mass is 32.2. The predicted octanol–water partition coefficient (Wildman–Crippen LogP) is 6.51. The number of nitrogens with one attached hydrogen (secondary N) is 1. The van der Waals surface area contributed by atoms with E-state index in [1.165, 1.54) is 6.07 Å². The zero-order valence-corrected chi connectivity index (χ0v) is 23.1. The first-order chi connectivity index (χ1) is 17.4. The summed E-state index contributed by atoms with van der Waals surface area (Å²) in [5.41, 5.74) is 3.55. The van der Waals surface area contributed by atoms with Crippen LogP contribution in [0.4, 0.5) is 4.39 Å². The summed E-state index contributed by atoms with van der Waals surface area (Å²) in [5.74, 6) is -0.0790. The number of thioether (sulfide) groups is 1. The van der Waals surface area contributed by atoms with Gasteiger partial charge in [-0.3, -0.25) is 0 Å². The lowest BCUT2D eigenvalue weighted by Crippen LogP contribution is -2.48. The van der Waals surface area contributed by atoms with Crippen LogP contribution in [0.2, 0.25) is 0 Å². The Balaban J connectivity index is 0.00000320. The number of fused-ring (bicyclic) bond motifs is 1. The Morgan fingerprint density at radius 2 is 1.89 bits per heavy atom. The van der Waals surface area contributed by atoms with Gasteiger partial charge in [0.15, 0.2) is 0 Å². The number of piperidine rings is 1. The number of pyridine rings is 1. The van der Waals surface area contributed by atoms with E-state index in [9.17, 15) is 9.50 Å². The molecule has 2 heterocycles. The maximum atomic E-state index is 13.8.